The van der Waals surface area contributed by atoms with E-state index in [1.165, 1.54) is 11.4 Å². The molecule has 0 aliphatic rings. The number of aryl methyl sites for hydroxylation is 1. The molecule has 0 aliphatic carbocycles. The maximum atomic E-state index is 4.40. The topological polar surface area (TPSA) is 29.9 Å². The van der Waals surface area contributed by atoms with Crippen LogP contribution in [0.15, 0.2) is 6.33 Å². The molecule has 0 saturated heterocycles. The average Bonchev–Trinajstić information content (AvgIpc) is 2.43. The summed E-state index contributed by atoms with van der Waals surface area (Å²) in [5, 5.41) is 3.16. The molecule has 0 aliphatic heterocycles. The minimum atomic E-state index is 0.521. The summed E-state index contributed by atoms with van der Waals surface area (Å²) in [6.07, 6.45) is 2.96. The van der Waals surface area contributed by atoms with Gasteiger partial charge in [-0.3, -0.25) is 0 Å². The molecule has 0 bridgehead atoms. The fraction of sp³-hybridized carbons (Fsp3) is 0.700. The Morgan fingerprint density at radius 3 is 2.77 bits per heavy atom. The van der Waals surface area contributed by atoms with E-state index < -0.39 is 0 Å². The normalized spacial score (nSPS) is 11.2. The molecule has 0 aromatic carbocycles. The molecule has 3 nitrogen and oxygen atoms in total. The van der Waals surface area contributed by atoms with E-state index in [0.717, 1.165) is 13.0 Å². The Labute approximate surface area is 80.2 Å². The van der Waals surface area contributed by atoms with Crippen LogP contribution >= 0.6 is 0 Å². The van der Waals surface area contributed by atoms with E-state index in [0.29, 0.717) is 5.92 Å². The Kier molecular flexibility index (Phi) is 3.48. The van der Waals surface area contributed by atoms with Crippen LogP contribution in [0.4, 0.5) is 0 Å². The number of likely N-dealkylation sites (N-methyl/N-ethyl adjacent to an activating group) is 1. The first kappa shape index (κ1) is 10.3. The predicted octanol–water partition coefficient (Wildman–Crippen LogP) is 1.31. The van der Waals surface area contributed by atoms with Crippen LogP contribution in [0, 0.1) is 0 Å². The van der Waals surface area contributed by atoms with Crippen molar-refractivity contribution in [1.29, 1.82) is 0 Å². The van der Waals surface area contributed by atoms with E-state index in [9.17, 15) is 0 Å². The molecular formula is C10H19N3. The van der Waals surface area contributed by atoms with Crippen LogP contribution in [-0.2, 0) is 13.5 Å². The Bertz CT molecular complexity index is 263. The number of hydrogen-bond acceptors (Lipinski definition) is 2. The lowest BCUT2D eigenvalue weighted by atomic mass is 10.1. The van der Waals surface area contributed by atoms with Crippen molar-refractivity contribution >= 4 is 0 Å². The van der Waals surface area contributed by atoms with Crippen molar-refractivity contribution in [2.24, 2.45) is 7.05 Å². The van der Waals surface area contributed by atoms with E-state index in [4.69, 9.17) is 0 Å². The molecule has 1 aromatic heterocycles. The summed E-state index contributed by atoms with van der Waals surface area (Å²) in [6, 6.07) is 0. The third kappa shape index (κ3) is 2.31. The number of nitrogens with one attached hydrogen (secondary N) is 1. The Morgan fingerprint density at radius 1 is 1.54 bits per heavy atom. The second-order valence-electron chi connectivity index (χ2n) is 3.70. The maximum absolute atomic E-state index is 4.40. The number of hydrogen-bond donors (Lipinski definition) is 1. The van der Waals surface area contributed by atoms with Crippen LogP contribution in [0.25, 0.3) is 0 Å². The van der Waals surface area contributed by atoms with Crippen molar-refractivity contribution in [2.45, 2.75) is 26.2 Å². The Balaban J connectivity index is 2.82. The predicted molar refractivity (Wildman–Crippen MR) is 54.9 cm³/mol. The summed E-state index contributed by atoms with van der Waals surface area (Å²) in [5.41, 5.74) is 2.59. The molecule has 13 heavy (non-hydrogen) atoms. The van der Waals surface area contributed by atoms with Gasteiger partial charge in [-0.2, -0.15) is 0 Å². The van der Waals surface area contributed by atoms with Gasteiger partial charge < -0.3 is 9.88 Å². The highest BCUT2D eigenvalue weighted by molar-refractivity contribution is 5.16. The smallest absolute Gasteiger partial charge is 0.0949 e. The van der Waals surface area contributed by atoms with Crippen molar-refractivity contribution in [3.05, 3.63) is 17.7 Å². The molecule has 1 N–H and O–H groups in total. The molecule has 0 radical (unpaired) electrons. The minimum Gasteiger partial charge on any atom is -0.337 e. The molecule has 0 unspecified atom stereocenters. The molecule has 3 heteroatoms. The highest BCUT2D eigenvalue weighted by Crippen LogP contribution is 2.16. The average molecular weight is 181 g/mol. The highest BCUT2D eigenvalue weighted by Gasteiger charge is 2.10. The lowest BCUT2D eigenvalue weighted by Gasteiger charge is -2.07. The third-order valence-corrected chi connectivity index (χ3v) is 2.25. The van der Waals surface area contributed by atoms with E-state index in [2.05, 4.69) is 35.8 Å². The summed E-state index contributed by atoms with van der Waals surface area (Å²) < 4.78 is 2.12. The van der Waals surface area contributed by atoms with Crippen molar-refractivity contribution in [2.75, 3.05) is 13.6 Å². The lowest BCUT2D eigenvalue weighted by Crippen LogP contribution is -2.13. The summed E-state index contributed by atoms with van der Waals surface area (Å²) in [4.78, 5) is 4.40. The zero-order valence-electron chi connectivity index (χ0n) is 8.96. The third-order valence-electron chi connectivity index (χ3n) is 2.25. The molecule has 0 saturated carbocycles. The highest BCUT2D eigenvalue weighted by atomic mass is 15.0. The second-order valence-corrected chi connectivity index (χ2v) is 3.70. The molecule has 0 atom stereocenters. The molecule has 74 valence electrons. The number of nitrogens with zero attached hydrogens (tertiary/aromatic N) is 2. The first-order valence-electron chi connectivity index (χ1n) is 4.81. The van der Waals surface area contributed by atoms with Crippen LogP contribution in [0.2, 0.25) is 0 Å². The second kappa shape index (κ2) is 4.42. The summed E-state index contributed by atoms with van der Waals surface area (Å²) >= 11 is 0. The van der Waals surface area contributed by atoms with Crippen LogP contribution in [0.1, 0.15) is 31.2 Å². The fourth-order valence-corrected chi connectivity index (χ4v) is 1.50. The van der Waals surface area contributed by atoms with Crippen molar-refractivity contribution in [3.63, 3.8) is 0 Å². The first-order valence-corrected chi connectivity index (χ1v) is 4.81. The SMILES string of the molecule is CNCCc1c(C(C)C)ncn1C. The summed E-state index contributed by atoms with van der Waals surface area (Å²) in [7, 11) is 4.04. The van der Waals surface area contributed by atoms with Gasteiger partial charge in [-0.15, -0.1) is 0 Å². The van der Waals surface area contributed by atoms with E-state index in [1.807, 2.05) is 13.4 Å². The van der Waals surface area contributed by atoms with Gasteiger partial charge in [0, 0.05) is 25.7 Å². The zero-order valence-corrected chi connectivity index (χ0v) is 8.96. The van der Waals surface area contributed by atoms with E-state index in [1.54, 1.807) is 0 Å². The minimum absolute atomic E-state index is 0.521. The van der Waals surface area contributed by atoms with Crippen molar-refractivity contribution in [1.82, 2.24) is 14.9 Å². The lowest BCUT2D eigenvalue weighted by molar-refractivity contribution is 0.715. The van der Waals surface area contributed by atoms with Gasteiger partial charge in [0.25, 0.3) is 0 Å². The van der Waals surface area contributed by atoms with Crippen LogP contribution in [-0.4, -0.2) is 23.1 Å². The molecule has 1 aromatic rings. The van der Waals surface area contributed by atoms with E-state index >= 15 is 0 Å². The number of imidazole rings is 1. The molecular weight excluding hydrogens is 162 g/mol. The number of aromatic nitrogens is 2. The molecule has 1 rings (SSSR count). The van der Waals surface area contributed by atoms with Crippen LogP contribution < -0.4 is 5.32 Å². The van der Waals surface area contributed by atoms with Gasteiger partial charge in [-0.05, 0) is 13.0 Å². The van der Waals surface area contributed by atoms with Gasteiger partial charge in [0.05, 0.1) is 12.0 Å². The van der Waals surface area contributed by atoms with Crippen LogP contribution in [0.3, 0.4) is 0 Å². The standard InChI is InChI=1S/C10H19N3/c1-8(2)10-9(5-6-11-3)13(4)7-12-10/h7-8,11H,5-6H2,1-4H3. The number of rotatable bonds is 4. The van der Waals surface area contributed by atoms with Gasteiger partial charge in [0.15, 0.2) is 0 Å². The van der Waals surface area contributed by atoms with E-state index in [-0.39, 0.29) is 0 Å². The van der Waals surface area contributed by atoms with Crippen molar-refractivity contribution < 1.29 is 0 Å². The largest absolute Gasteiger partial charge is 0.337 e. The van der Waals surface area contributed by atoms with Gasteiger partial charge >= 0.3 is 0 Å². The van der Waals surface area contributed by atoms with Gasteiger partial charge in [-0.1, -0.05) is 13.8 Å². The Hall–Kier alpha value is -0.830. The molecule has 1 heterocycles. The first-order chi connectivity index (χ1) is 6.16. The maximum Gasteiger partial charge on any atom is 0.0949 e. The Morgan fingerprint density at radius 2 is 2.23 bits per heavy atom. The van der Waals surface area contributed by atoms with Crippen molar-refractivity contribution in [3.8, 4) is 0 Å². The van der Waals surface area contributed by atoms with Crippen LogP contribution in [0.5, 0.6) is 0 Å². The van der Waals surface area contributed by atoms with Gasteiger partial charge in [0.1, 0.15) is 0 Å². The molecule has 0 spiro atoms. The monoisotopic (exact) mass is 181 g/mol. The van der Waals surface area contributed by atoms with Gasteiger partial charge in [-0.25, -0.2) is 4.98 Å². The zero-order chi connectivity index (χ0) is 9.84. The molecule has 0 amide bonds. The fourth-order valence-electron chi connectivity index (χ4n) is 1.50. The summed E-state index contributed by atoms with van der Waals surface area (Å²) in [5.74, 6) is 0.521. The summed E-state index contributed by atoms with van der Waals surface area (Å²) in [6.45, 7) is 5.38. The molecule has 0 fully saturated rings. The quantitative estimate of drug-likeness (QED) is 0.759. The van der Waals surface area contributed by atoms with Gasteiger partial charge in [0.2, 0.25) is 0 Å².